The molecule has 1 unspecified atom stereocenters. The molecule has 0 aromatic carbocycles. The summed E-state index contributed by atoms with van der Waals surface area (Å²) in [5, 5.41) is 15.1. The Hall–Kier alpha value is -2.36. The van der Waals surface area contributed by atoms with Crippen LogP contribution in [0, 0.1) is 6.92 Å². The van der Waals surface area contributed by atoms with Crippen LogP contribution < -0.4 is 10.6 Å². The number of aromatic nitrogens is 3. The van der Waals surface area contributed by atoms with E-state index in [-0.39, 0.29) is 12.1 Å². The third-order valence-corrected chi connectivity index (χ3v) is 4.79. The number of guanidine groups is 1. The molecule has 30 heavy (non-hydrogen) atoms. The molecule has 170 valence electrons. The van der Waals surface area contributed by atoms with Gasteiger partial charge in [0.25, 0.3) is 0 Å². The molecule has 1 saturated heterocycles. The van der Waals surface area contributed by atoms with Crippen LogP contribution >= 0.6 is 0 Å². The number of aliphatic imine (C=N–C) groups is 1. The molecule has 1 aromatic heterocycles. The van der Waals surface area contributed by atoms with Gasteiger partial charge in [-0.2, -0.15) is 0 Å². The van der Waals surface area contributed by atoms with Crippen LogP contribution in [0.25, 0.3) is 0 Å². The van der Waals surface area contributed by atoms with Crippen LogP contribution in [-0.4, -0.2) is 76.7 Å². The van der Waals surface area contributed by atoms with E-state index in [0.717, 1.165) is 37.5 Å². The summed E-state index contributed by atoms with van der Waals surface area (Å²) in [6, 6.07) is 0.0983. The summed E-state index contributed by atoms with van der Waals surface area (Å²) in [5.74, 6) is 2.34. The third-order valence-electron chi connectivity index (χ3n) is 4.79. The lowest BCUT2D eigenvalue weighted by atomic mass is 10.1. The summed E-state index contributed by atoms with van der Waals surface area (Å²) in [7, 11) is 3.62. The van der Waals surface area contributed by atoms with E-state index in [1.54, 1.807) is 12.0 Å². The van der Waals surface area contributed by atoms with Crippen molar-refractivity contribution in [3.8, 4) is 0 Å². The van der Waals surface area contributed by atoms with Crippen molar-refractivity contribution in [1.82, 2.24) is 30.3 Å². The number of ether oxygens (including phenoxy) is 2. The Morgan fingerprint density at radius 1 is 1.33 bits per heavy atom. The SMILES string of the molecule is COCCCNC(=NCc1nnc(C)n1C)NC1CCCN(C(=O)OC(C)(C)C)C1. The zero-order valence-corrected chi connectivity index (χ0v) is 19.2. The van der Waals surface area contributed by atoms with Gasteiger partial charge < -0.3 is 29.6 Å². The molecular formula is C20H37N7O3. The fourth-order valence-electron chi connectivity index (χ4n) is 3.09. The molecule has 1 atom stereocenters. The van der Waals surface area contributed by atoms with E-state index in [1.165, 1.54) is 0 Å². The summed E-state index contributed by atoms with van der Waals surface area (Å²) in [4.78, 5) is 18.9. The van der Waals surface area contributed by atoms with Crippen molar-refractivity contribution in [1.29, 1.82) is 0 Å². The number of amides is 1. The highest BCUT2D eigenvalue weighted by atomic mass is 16.6. The summed E-state index contributed by atoms with van der Waals surface area (Å²) >= 11 is 0. The molecule has 0 bridgehead atoms. The molecule has 1 aromatic rings. The second kappa shape index (κ2) is 11.1. The number of likely N-dealkylation sites (tertiary alicyclic amines) is 1. The normalized spacial score (nSPS) is 17.7. The number of nitrogens with zero attached hydrogens (tertiary/aromatic N) is 5. The molecule has 1 aliphatic heterocycles. The van der Waals surface area contributed by atoms with Crippen molar-refractivity contribution in [2.75, 3.05) is 33.4 Å². The van der Waals surface area contributed by atoms with Gasteiger partial charge >= 0.3 is 6.09 Å². The van der Waals surface area contributed by atoms with Crippen LogP contribution in [0.15, 0.2) is 4.99 Å². The molecule has 10 nitrogen and oxygen atoms in total. The summed E-state index contributed by atoms with van der Waals surface area (Å²) in [6.07, 6.45) is 2.47. The molecule has 0 radical (unpaired) electrons. The quantitative estimate of drug-likeness (QED) is 0.390. The van der Waals surface area contributed by atoms with Crippen molar-refractivity contribution in [2.45, 2.75) is 65.1 Å². The van der Waals surface area contributed by atoms with Gasteiger partial charge in [-0.25, -0.2) is 9.79 Å². The van der Waals surface area contributed by atoms with Gasteiger partial charge in [-0.15, -0.1) is 10.2 Å². The maximum Gasteiger partial charge on any atom is 0.410 e. The first-order valence-corrected chi connectivity index (χ1v) is 10.6. The Kier molecular flexibility index (Phi) is 8.88. The average Bonchev–Trinajstić information content (AvgIpc) is 3.00. The van der Waals surface area contributed by atoms with Gasteiger partial charge in [-0.3, -0.25) is 0 Å². The number of hydrogen-bond acceptors (Lipinski definition) is 6. The van der Waals surface area contributed by atoms with Crippen LogP contribution in [0.3, 0.4) is 0 Å². The number of aryl methyl sites for hydroxylation is 1. The van der Waals surface area contributed by atoms with Crippen molar-refractivity contribution in [3.63, 3.8) is 0 Å². The second-order valence-corrected chi connectivity index (χ2v) is 8.57. The van der Waals surface area contributed by atoms with Gasteiger partial charge in [0.1, 0.15) is 18.0 Å². The highest BCUT2D eigenvalue weighted by Crippen LogP contribution is 2.15. The van der Waals surface area contributed by atoms with Gasteiger partial charge in [0.15, 0.2) is 11.8 Å². The molecule has 2 rings (SSSR count). The first-order valence-electron chi connectivity index (χ1n) is 10.6. The van der Waals surface area contributed by atoms with Crippen molar-refractivity contribution >= 4 is 12.1 Å². The van der Waals surface area contributed by atoms with E-state index >= 15 is 0 Å². The fraction of sp³-hybridized carbons (Fsp3) is 0.800. The molecule has 2 N–H and O–H groups in total. The predicted octanol–water partition coefficient (Wildman–Crippen LogP) is 1.59. The summed E-state index contributed by atoms with van der Waals surface area (Å²) in [5.41, 5.74) is -0.499. The van der Waals surface area contributed by atoms with E-state index in [4.69, 9.17) is 9.47 Å². The maximum absolute atomic E-state index is 12.4. The monoisotopic (exact) mass is 423 g/mol. The van der Waals surface area contributed by atoms with Crippen molar-refractivity contribution in [3.05, 3.63) is 11.6 Å². The minimum absolute atomic E-state index is 0.0983. The molecule has 1 aliphatic rings. The Morgan fingerprint density at radius 3 is 2.73 bits per heavy atom. The van der Waals surface area contributed by atoms with Gasteiger partial charge in [0.05, 0.1) is 0 Å². The zero-order valence-electron chi connectivity index (χ0n) is 19.2. The molecule has 0 aliphatic carbocycles. The standard InChI is InChI=1S/C20H37N7O3/c1-15-24-25-17(26(15)5)13-22-18(21-10-8-12-29-6)23-16-9-7-11-27(14-16)19(28)30-20(2,3)4/h16H,7-14H2,1-6H3,(H2,21,22,23). The van der Waals surface area contributed by atoms with E-state index < -0.39 is 5.60 Å². The average molecular weight is 424 g/mol. The summed E-state index contributed by atoms with van der Waals surface area (Å²) in [6.45, 7) is 10.7. The number of carbonyl (C=O) groups excluding carboxylic acids is 1. The highest BCUT2D eigenvalue weighted by molar-refractivity contribution is 5.80. The lowest BCUT2D eigenvalue weighted by Crippen LogP contribution is -2.53. The Morgan fingerprint density at radius 2 is 2.10 bits per heavy atom. The number of carbonyl (C=O) groups is 1. The summed E-state index contributed by atoms with van der Waals surface area (Å²) < 4.78 is 12.6. The number of piperidine rings is 1. The number of rotatable bonds is 7. The smallest absolute Gasteiger partial charge is 0.410 e. The fourth-order valence-corrected chi connectivity index (χ4v) is 3.09. The lowest BCUT2D eigenvalue weighted by molar-refractivity contribution is 0.0193. The zero-order chi connectivity index (χ0) is 22.1. The van der Waals surface area contributed by atoms with E-state index in [9.17, 15) is 4.79 Å². The van der Waals surface area contributed by atoms with Crippen LogP contribution in [0.2, 0.25) is 0 Å². The van der Waals surface area contributed by atoms with Crippen molar-refractivity contribution in [2.24, 2.45) is 12.0 Å². The molecule has 1 amide bonds. The molecule has 0 saturated carbocycles. The number of hydrogen-bond donors (Lipinski definition) is 2. The van der Waals surface area contributed by atoms with Gasteiger partial charge in [0.2, 0.25) is 0 Å². The molecule has 10 heteroatoms. The Labute approximate surface area is 179 Å². The van der Waals surface area contributed by atoms with E-state index in [0.29, 0.717) is 32.2 Å². The van der Waals surface area contributed by atoms with Gasteiger partial charge in [0, 0.05) is 46.4 Å². The Balaban J connectivity index is 1.99. The molecular weight excluding hydrogens is 386 g/mol. The van der Waals surface area contributed by atoms with Gasteiger partial charge in [-0.05, 0) is 47.0 Å². The Bertz CT molecular complexity index is 712. The van der Waals surface area contributed by atoms with Crippen LogP contribution in [0.4, 0.5) is 4.79 Å². The lowest BCUT2D eigenvalue weighted by Gasteiger charge is -2.35. The number of methoxy groups -OCH3 is 1. The molecule has 1 fully saturated rings. The minimum Gasteiger partial charge on any atom is -0.444 e. The first-order chi connectivity index (χ1) is 14.2. The third kappa shape index (κ3) is 7.81. The molecule has 2 heterocycles. The van der Waals surface area contributed by atoms with Crippen LogP contribution in [0.1, 0.15) is 51.7 Å². The topological polar surface area (TPSA) is 106 Å². The highest BCUT2D eigenvalue weighted by Gasteiger charge is 2.28. The maximum atomic E-state index is 12.4. The predicted molar refractivity (Wildman–Crippen MR) is 115 cm³/mol. The van der Waals surface area contributed by atoms with Crippen LogP contribution in [0.5, 0.6) is 0 Å². The van der Waals surface area contributed by atoms with E-state index in [1.807, 2.05) is 39.3 Å². The van der Waals surface area contributed by atoms with Gasteiger partial charge in [-0.1, -0.05) is 0 Å². The first kappa shape index (κ1) is 23.9. The number of nitrogens with one attached hydrogen (secondary N) is 2. The van der Waals surface area contributed by atoms with Crippen LogP contribution in [-0.2, 0) is 23.1 Å². The largest absolute Gasteiger partial charge is 0.444 e. The molecule has 0 spiro atoms. The second-order valence-electron chi connectivity index (χ2n) is 8.57. The van der Waals surface area contributed by atoms with Crippen molar-refractivity contribution < 1.29 is 14.3 Å². The van der Waals surface area contributed by atoms with E-state index in [2.05, 4.69) is 25.8 Å². The minimum atomic E-state index is -0.499.